The van der Waals surface area contributed by atoms with Crippen molar-refractivity contribution in [1.82, 2.24) is 4.90 Å². The molecular weight excluding hydrogens is 394 g/mol. The summed E-state index contributed by atoms with van der Waals surface area (Å²) in [5.74, 6) is -0.835. The van der Waals surface area contributed by atoms with Crippen molar-refractivity contribution < 1.29 is 28.7 Å². The Kier molecular flexibility index (Phi) is 6.46. The Balaban J connectivity index is 1.66. The van der Waals surface area contributed by atoms with Gasteiger partial charge in [-0.15, -0.1) is 0 Å². The zero-order chi connectivity index (χ0) is 20.8. The van der Waals surface area contributed by atoms with Crippen LogP contribution in [-0.4, -0.2) is 48.1 Å². The summed E-state index contributed by atoms with van der Waals surface area (Å²) in [5, 5.41) is -0.483. The van der Waals surface area contributed by atoms with Crippen LogP contribution in [0.25, 0.3) is 6.08 Å². The average Bonchev–Trinajstić information content (AvgIpc) is 3.00. The van der Waals surface area contributed by atoms with Crippen molar-refractivity contribution in [3.8, 4) is 5.75 Å². The van der Waals surface area contributed by atoms with Crippen molar-refractivity contribution in [2.45, 2.75) is 0 Å². The van der Waals surface area contributed by atoms with Gasteiger partial charge in [0.05, 0.1) is 18.6 Å². The number of thioether (sulfide) groups is 1. The van der Waals surface area contributed by atoms with Gasteiger partial charge in [0.2, 0.25) is 0 Å². The van der Waals surface area contributed by atoms with E-state index in [9.17, 15) is 19.2 Å². The number of methoxy groups -OCH3 is 1. The quantitative estimate of drug-likeness (QED) is 0.393. The molecule has 0 saturated carbocycles. The van der Waals surface area contributed by atoms with Crippen molar-refractivity contribution in [3.05, 3.63) is 70.6 Å². The fourth-order valence-electron chi connectivity index (χ4n) is 2.51. The molecule has 3 rings (SSSR count). The molecule has 0 atom stereocenters. The summed E-state index contributed by atoms with van der Waals surface area (Å²) in [6.45, 7) is -0.503. The molecule has 0 N–H and O–H groups in total. The molecular formula is C21H17NO6S. The van der Waals surface area contributed by atoms with Crippen molar-refractivity contribution in [1.29, 1.82) is 0 Å². The Labute approximate surface area is 171 Å². The molecule has 1 heterocycles. The van der Waals surface area contributed by atoms with E-state index in [4.69, 9.17) is 4.74 Å². The lowest BCUT2D eigenvalue weighted by molar-refractivity contribution is -0.142. The standard InChI is InChI=1S/C21H17NO6S/c1-27-19(24)13-28-16-9-7-14(8-10-16)11-18-20(25)22(21(26)29-18)12-17(23)15-5-3-2-4-6-15/h2-11H,12-13H2,1H3/b18-11-. The van der Waals surface area contributed by atoms with Gasteiger partial charge in [-0.05, 0) is 35.5 Å². The van der Waals surface area contributed by atoms with Crippen LogP contribution in [0.1, 0.15) is 15.9 Å². The second-order valence-corrected chi connectivity index (χ2v) is 6.98. The number of esters is 1. The van der Waals surface area contributed by atoms with Crippen LogP contribution in [0, 0.1) is 0 Å². The van der Waals surface area contributed by atoms with E-state index < -0.39 is 17.1 Å². The van der Waals surface area contributed by atoms with Crippen LogP contribution in [0.4, 0.5) is 4.79 Å². The Morgan fingerprint density at radius 2 is 1.72 bits per heavy atom. The third-order valence-corrected chi connectivity index (χ3v) is 4.94. The minimum Gasteiger partial charge on any atom is -0.482 e. The highest BCUT2D eigenvalue weighted by Gasteiger charge is 2.36. The lowest BCUT2D eigenvalue weighted by atomic mass is 10.1. The van der Waals surface area contributed by atoms with E-state index in [-0.39, 0.29) is 23.8 Å². The predicted molar refractivity (Wildman–Crippen MR) is 107 cm³/mol. The number of imide groups is 1. The Hall–Kier alpha value is -3.39. The molecule has 0 aliphatic carbocycles. The zero-order valence-corrected chi connectivity index (χ0v) is 16.3. The number of nitrogens with zero attached hydrogens (tertiary/aromatic N) is 1. The molecule has 0 radical (unpaired) electrons. The summed E-state index contributed by atoms with van der Waals surface area (Å²) in [6, 6.07) is 15.2. The molecule has 8 heteroatoms. The minimum atomic E-state index is -0.504. The van der Waals surface area contributed by atoms with Crippen LogP contribution in [0.5, 0.6) is 5.75 Å². The van der Waals surface area contributed by atoms with Crippen LogP contribution in [-0.2, 0) is 14.3 Å². The van der Waals surface area contributed by atoms with E-state index in [0.717, 1.165) is 16.7 Å². The maximum absolute atomic E-state index is 12.6. The van der Waals surface area contributed by atoms with Gasteiger partial charge < -0.3 is 9.47 Å². The molecule has 0 unspecified atom stereocenters. The van der Waals surface area contributed by atoms with Gasteiger partial charge in [-0.2, -0.15) is 0 Å². The summed E-state index contributed by atoms with van der Waals surface area (Å²) in [4.78, 5) is 49.3. The van der Waals surface area contributed by atoms with Gasteiger partial charge in [0, 0.05) is 5.56 Å². The fraction of sp³-hybridized carbons (Fsp3) is 0.143. The molecule has 1 aliphatic rings. The lowest BCUT2D eigenvalue weighted by Crippen LogP contribution is -2.33. The zero-order valence-electron chi connectivity index (χ0n) is 15.5. The highest BCUT2D eigenvalue weighted by Crippen LogP contribution is 2.32. The number of carbonyl (C=O) groups is 4. The fourth-order valence-corrected chi connectivity index (χ4v) is 3.35. The topological polar surface area (TPSA) is 90.0 Å². The molecule has 2 aromatic carbocycles. The van der Waals surface area contributed by atoms with E-state index in [0.29, 0.717) is 16.9 Å². The van der Waals surface area contributed by atoms with Gasteiger partial charge >= 0.3 is 5.97 Å². The summed E-state index contributed by atoms with van der Waals surface area (Å²) < 4.78 is 9.76. The normalized spacial score (nSPS) is 14.9. The van der Waals surface area contributed by atoms with E-state index >= 15 is 0 Å². The van der Waals surface area contributed by atoms with Crippen molar-refractivity contribution in [2.24, 2.45) is 0 Å². The third-order valence-electron chi connectivity index (χ3n) is 4.03. The molecule has 1 fully saturated rings. The number of Topliss-reactive ketones (excluding diaryl/α,β-unsaturated/α-hetero) is 1. The van der Waals surface area contributed by atoms with Gasteiger partial charge in [0.15, 0.2) is 12.4 Å². The van der Waals surface area contributed by atoms with E-state index in [1.165, 1.54) is 7.11 Å². The largest absolute Gasteiger partial charge is 0.482 e. The predicted octanol–water partition coefficient (Wildman–Crippen LogP) is 3.16. The number of hydrogen-bond acceptors (Lipinski definition) is 7. The summed E-state index contributed by atoms with van der Waals surface area (Å²) in [7, 11) is 1.27. The maximum Gasteiger partial charge on any atom is 0.343 e. The van der Waals surface area contributed by atoms with Crippen LogP contribution < -0.4 is 4.74 Å². The molecule has 1 aliphatic heterocycles. The first-order chi connectivity index (χ1) is 14.0. The lowest BCUT2D eigenvalue weighted by Gasteiger charge is -2.11. The number of rotatable bonds is 7. The summed E-state index contributed by atoms with van der Waals surface area (Å²) in [5.41, 5.74) is 1.12. The summed E-state index contributed by atoms with van der Waals surface area (Å²) >= 11 is 0.789. The van der Waals surface area contributed by atoms with E-state index in [1.54, 1.807) is 60.7 Å². The Morgan fingerprint density at radius 3 is 2.38 bits per heavy atom. The molecule has 148 valence electrons. The minimum absolute atomic E-state index is 0.204. The first-order valence-corrected chi connectivity index (χ1v) is 9.43. The van der Waals surface area contributed by atoms with E-state index in [1.807, 2.05) is 0 Å². The Morgan fingerprint density at radius 1 is 1.03 bits per heavy atom. The monoisotopic (exact) mass is 411 g/mol. The van der Waals surface area contributed by atoms with Gasteiger partial charge in [0.25, 0.3) is 11.1 Å². The van der Waals surface area contributed by atoms with Crippen LogP contribution in [0.2, 0.25) is 0 Å². The number of ether oxygens (including phenoxy) is 2. The van der Waals surface area contributed by atoms with Gasteiger partial charge in [-0.25, -0.2) is 4.79 Å². The van der Waals surface area contributed by atoms with Gasteiger partial charge in [-0.3, -0.25) is 19.3 Å². The highest BCUT2D eigenvalue weighted by atomic mass is 32.2. The van der Waals surface area contributed by atoms with Crippen molar-refractivity contribution in [2.75, 3.05) is 20.3 Å². The SMILES string of the molecule is COC(=O)COc1ccc(/C=C2\SC(=O)N(CC(=O)c3ccccc3)C2=O)cc1. The molecule has 29 heavy (non-hydrogen) atoms. The van der Waals surface area contributed by atoms with Crippen molar-refractivity contribution >= 4 is 40.7 Å². The first kappa shape index (κ1) is 20.3. The smallest absolute Gasteiger partial charge is 0.343 e. The molecule has 0 bridgehead atoms. The molecule has 7 nitrogen and oxygen atoms in total. The number of benzene rings is 2. The number of hydrogen-bond donors (Lipinski definition) is 0. The third kappa shape index (κ3) is 5.11. The Bertz CT molecular complexity index is 968. The van der Waals surface area contributed by atoms with E-state index in [2.05, 4.69) is 4.74 Å². The molecule has 0 aromatic heterocycles. The molecule has 2 aromatic rings. The first-order valence-electron chi connectivity index (χ1n) is 8.61. The van der Waals surface area contributed by atoms with Gasteiger partial charge in [-0.1, -0.05) is 42.5 Å². The number of amides is 2. The van der Waals surface area contributed by atoms with Crippen LogP contribution in [0.3, 0.4) is 0 Å². The average molecular weight is 411 g/mol. The maximum atomic E-state index is 12.6. The number of ketones is 1. The van der Waals surface area contributed by atoms with Crippen molar-refractivity contribution in [3.63, 3.8) is 0 Å². The molecule has 0 spiro atoms. The van der Waals surface area contributed by atoms with Crippen LogP contribution in [0.15, 0.2) is 59.5 Å². The second kappa shape index (κ2) is 9.20. The molecule has 1 saturated heterocycles. The summed E-state index contributed by atoms with van der Waals surface area (Å²) in [6.07, 6.45) is 1.57. The van der Waals surface area contributed by atoms with Crippen LogP contribution >= 0.6 is 11.8 Å². The van der Waals surface area contributed by atoms with Gasteiger partial charge in [0.1, 0.15) is 5.75 Å². The molecule has 2 amide bonds. The second-order valence-electron chi connectivity index (χ2n) is 5.99. The number of carbonyl (C=O) groups excluding carboxylic acids is 4. The highest BCUT2D eigenvalue weighted by molar-refractivity contribution is 8.18.